The third-order valence-electron chi connectivity index (χ3n) is 7.79. The molecule has 0 saturated heterocycles. The van der Waals surface area contributed by atoms with Crippen LogP contribution in [0, 0.1) is 18.8 Å². The highest BCUT2D eigenvalue weighted by Crippen LogP contribution is 2.36. The summed E-state index contributed by atoms with van der Waals surface area (Å²) in [7, 11) is 0. The second kappa shape index (κ2) is 15.0. The number of rotatable bonds is 14. The second-order valence-electron chi connectivity index (χ2n) is 11.0. The molecule has 6 N–H and O–H groups in total. The second-order valence-corrected chi connectivity index (χ2v) is 12.7. The average molecular weight is 601 g/mol. The zero-order chi connectivity index (χ0) is 29.4. The summed E-state index contributed by atoms with van der Waals surface area (Å²) in [5.74, 6) is -0.0731. The van der Waals surface area contributed by atoms with E-state index in [2.05, 4.69) is 10.3 Å². The normalized spacial score (nSPS) is 21.9. The van der Waals surface area contributed by atoms with Gasteiger partial charge in [0.2, 0.25) is 5.91 Å². The van der Waals surface area contributed by atoms with Gasteiger partial charge in [-0.3, -0.25) is 4.79 Å². The lowest BCUT2D eigenvalue weighted by molar-refractivity contribution is -0.121. The van der Waals surface area contributed by atoms with Gasteiger partial charge in [-0.05, 0) is 75.3 Å². The standard InChI is InChI=1S/C32H41ClN2O5S/c1-20-28(33)18-25(41-20)11-8-23(36)9-12-27-26(30(38)19-31(27)39)6-4-2-3-5-7-32(40)34-15-14-22-16-21-17-24(37)10-13-29(21)35-22/h2,4,9-10,12-13,16-18,23,26-27,30-31,35-39H,3,5-8,11,14-15,19H2,1H3,(H,34,40)/b4-2-,12-9+/t23-,26-,27+,30-,31+/m0/s1. The quantitative estimate of drug-likeness (QED) is 0.106. The largest absolute Gasteiger partial charge is 0.508 e. The molecule has 1 aliphatic carbocycles. The molecule has 1 saturated carbocycles. The number of carbonyl (C=O) groups excluding carboxylic acids is 1. The van der Waals surface area contributed by atoms with Crippen molar-refractivity contribution in [2.75, 3.05) is 6.54 Å². The molecule has 4 rings (SSSR count). The predicted molar refractivity (Wildman–Crippen MR) is 165 cm³/mol. The number of hydrogen-bond acceptors (Lipinski definition) is 6. The van der Waals surface area contributed by atoms with Gasteiger partial charge in [0.15, 0.2) is 0 Å². The fourth-order valence-corrected chi connectivity index (χ4v) is 6.74. The van der Waals surface area contributed by atoms with Crippen LogP contribution in [0.25, 0.3) is 10.9 Å². The number of fused-ring (bicyclic) bond motifs is 1. The summed E-state index contributed by atoms with van der Waals surface area (Å²) in [5.41, 5.74) is 1.97. The fourth-order valence-electron chi connectivity index (χ4n) is 5.48. The summed E-state index contributed by atoms with van der Waals surface area (Å²) in [6.45, 7) is 2.52. The summed E-state index contributed by atoms with van der Waals surface area (Å²) >= 11 is 7.77. The molecule has 0 radical (unpaired) electrons. The average Bonchev–Trinajstić information content (AvgIpc) is 3.56. The fraction of sp³-hybridized carbons (Fsp3) is 0.469. The highest BCUT2D eigenvalue weighted by molar-refractivity contribution is 7.12. The van der Waals surface area contributed by atoms with Gasteiger partial charge in [-0.15, -0.1) is 11.3 Å². The molecular formula is C32H41ClN2O5S. The van der Waals surface area contributed by atoms with Gasteiger partial charge in [-0.2, -0.15) is 0 Å². The molecule has 5 atom stereocenters. The van der Waals surface area contributed by atoms with Gasteiger partial charge < -0.3 is 30.7 Å². The number of phenolic OH excluding ortho intramolecular Hbond substituents is 1. The van der Waals surface area contributed by atoms with Crippen molar-refractivity contribution in [2.24, 2.45) is 11.8 Å². The van der Waals surface area contributed by atoms with Gasteiger partial charge in [0, 0.05) is 58.1 Å². The van der Waals surface area contributed by atoms with Gasteiger partial charge in [-0.25, -0.2) is 0 Å². The van der Waals surface area contributed by atoms with Gasteiger partial charge >= 0.3 is 0 Å². The Bertz CT molecular complexity index is 1330. The molecule has 222 valence electrons. The topological polar surface area (TPSA) is 126 Å². The van der Waals surface area contributed by atoms with E-state index in [4.69, 9.17) is 11.6 Å². The summed E-state index contributed by atoms with van der Waals surface area (Å²) < 4.78 is 0. The van der Waals surface area contributed by atoms with Crippen molar-refractivity contribution < 1.29 is 25.2 Å². The number of aromatic amines is 1. The van der Waals surface area contributed by atoms with Crippen molar-refractivity contribution in [3.05, 3.63) is 75.1 Å². The Morgan fingerprint density at radius 2 is 2.02 bits per heavy atom. The number of aryl methyl sites for hydroxylation is 2. The van der Waals surface area contributed by atoms with E-state index >= 15 is 0 Å². The number of aliphatic hydroxyl groups is 3. The number of thiophene rings is 1. The van der Waals surface area contributed by atoms with Gasteiger partial charge in [0.05, 0.1) is 23.3 Å². The molecular weight excluding hydrogens is 560 g/mol. The first-order chi connectivity index (χ1) is 19.7. The molecule has 2 aromatic heterocycles. The summed E-state index contributed by atoms with van der Waals surface area (Å²) in [5, 5.41) is 45.7. The van der Waals surface area contributed by atoms with E-state index < -0.39 is 18.3 Å². The minimum Gasteiger partial charge on any atom is -0.508 e. The highest BCUT2D eigenvalue weighted by atomic mass is 35.5. The van der Waals surface area contributed by atoms with Crippen LogP contribution in [0.5, 0.6) is 5.75 Å². The number of benzene rings is 1. The molecule has 0 bridgehead atoms. The van der Waals surface area contributed by atoms with Crippen LogP contribution in [-0.2, 0) is 17.6 Å². The first kappa shape index (κ1) is 31.3. The lowest BCUT2D eigenvalue weighted by Gasteiger charge is -2.19. The van der Waals surface area contributed by atoms with Gasteiger partial charge in [0.25, 0.3) is 0 Å². The molecule has 0 aliphatic heterocycles. The van der Waals surface area contributed by atoms with E-state index in [-0.39, 0.29) is 23.5 Å². The first-order valence-electron chi connectivity index (χ1n) is 14.4. The molecule has 1 amide bonds. The van der Waals surface area contributed by atoms with Crippen LogP contribution in [-0.4, -0.2) is 56.2 Å². The van der Waals surface area contributed by atoms with Crippen molar-refractivity contribution in [3.63, 3.8) is 0 Å². The maximum Gasteiger partial charge on any atom is 0.220 e. The van der Waals surface area contributed by atoms with E-state index in [0.717, 1.165) is 50.6 Å². The Kier molecular flexibility index (Phi) is 11.5. The van der Waals surface area contributed by atoms with Crippen LogP contribution in [0.1, 0.15) is 54.0 Å². The molecule has 9 heteroatoms. The number of aromatic nitrogens is 1. The number of aromatic hydroxyl groups is 1. The van der Waals surface area contributed by atoms with Crippen molar-refractivity contribution in [3.8, 4) is 5.75 Å². The van der Waals surface area contributed by atoms with Crippen molar-refractivity contribution in [1.82, 2.24) is 10.3 Å². The van der Waals surface area contributed by atoms with Crippen LogP contribution in [0.4, 0.5) is 0 Å². The minimum absolute atomic E-state index is 0.0163. The molecule has 41 heavy (non-hydrogen) atoms. The zero-order valence-electron chi connectivity index (χ0n) is 23.4. The molecule has 1 aliphatic rings. The number of halogens is 1. The van der Waals surface area contributed by atoms with Crippen molar-refractivity contribution in [2.45, 2.75) is 76.6 Å². The smallest absolute Gasteiger partial charge is 0.220 e. The Morgan fingerprint density at radius 1 is 1.20 bits per heavy atom. The van der Waals surface area contributed by atoms with Crippen molar-refractivity contribution >= 4 is 39.7 Å². The number of H-pyrrole nitrogens is 1. The molecule has 1 aromatic carbocycles. The maximum absolute atomic E-state index is 12.2. The Hall–Kier alpha value is -2.62. The minimum atomic E-state index is -0.634. The molecule has 2 heterocycles. The highest BCUT2D eigenvalue weighted by Gasteiger charge is 2.39. The number of unbranched alkanes of at least 4 members (excludes halogenated alkanes) is 1. The number of hydrogen-bond donors (Lipinski definition) is 6. The lowest BCUT2D eigenvalue weighted by atomic mass is 9.89. The Morgan fingerprint density at radius 3 is 2.80 bits per heavy atom. The van der Waals surface area contributed by atoms with Gasteiger partial charge in [-0.1, -0.05) is 35.9 Å². The predicted octanol–water partition coefficient (Wildman–Crippen LogP) is 5.58. The number of nitrogens with one attached hydrogen (secondary N) is 2. The monoisotopic (exact) mass is 600 g/mol. The number of carbonyl (C=O) groups is 1. The van der Waals surface area contributed by atoms with Crippen LogP contribution in [0.2, 0.25) is 5.02 Å². The summed E-state index contributed by atoms with van der Waals surface area (Å²) in [4.78, 5) is 17.7. The molecule has 0 unspecified atom stereocenters. The number of amides is 1. The van der Waals surface area contributed by atoms with E-state index in [1.807, 2.05) is 43.4 Å². The SMILES string of the molecule is Cc1sc(CC[C@H](O)/C=C/[C@@H]2[C@H](C/C=C\CCCC(=O)NCCc3cc4cc(O)ccc4[nH]3)[C@@H](O)C[C@H]2O)cc1Cl. The number of phenols is 1. The maximum atomic E-state index is 12.2. The van der Waals surface area contributed by atoms with E-state index in [1.54, 1.807) is 29.5 Å². The zero-order valence-corrected chi connectivity index (χ0v) is 25.0. The summed E-state index contributed by atoms with van der Waals surface area (Å²) in [6.07, 6.45) is 10.7. The number of aliphatic hydroxyl groups excluding tert-OH is 3. The van der Waals surface area contributed by atoms with E-state index in [0.29, 0.717) is 38.6 Å². The van der Waals surface area contributed by atoms with Gasteiger partial charge in [0.1, 0.15) is 5.75 Å². The molecule has 7 nitrogen and oxygen atoms in total. The van der Waals surface area contributed by atoms with Crippen LogP contribution >= 0.6 is 22.9 Å². The summed E-state index contributed by atoms with van der Waals surface area (Å²) in [6, 6.07) is 9.13. The number of allylic oxidation sites excluding steroid dienone is 2. The molecule has 3 aromatic rings. The molecule has 0 spiro atoms. The lowest BCUT2D eigenvalue weighted by Crippen LogP contribution is -2.25. The first-order valence-corrected chi connectivity index (χ1v) is 15.6. The van der Waals surface area contributed by atoms with Crippen LogP contribution in [0.15, 0.2) is 54.6 Å². The molecule has 1 fully saturated rings. The van der Waals surface area contributed by atoms with Crippen LogP contribution < -0.4 is 5.32 Å². The van der Waals surface area contributed by atoms with Crippen LogP contribution in [0.3, 0.4) is 0 Å². The Labute approximate surface area is 250 Å². The van der Waals surface area contributed by atoms with E-state index in [1.165, 1.54) is 0 Å². The Balaban J connectivity index is 1.13. The van der Waals surface area contributed by atoms with E-state index in [9.17, 15) is 25.2 Å². The third kappa shape index (κ3) is 9.18. The third-order valence-corrected chi connectivity index (χ3v) is 9.41. The van der Waals surface area contributed by atoms with Crippen molar-refractivity contribution in [1.29, 1.82) is 0 Å².